The van der Waals surface area contributed by atoms with Gasteiger partial charge in [0.15, 0.2) is 0 Å². The Bertz CT molecular complexity index is 564. The second-order valence-electron chi connectivity index (χ2n) is 4.42. The van der Waals surface area contributed by atoms with Crippen LogP contribution in [0.4, 0.5) is 11.9 Å². The van der Waals surface area contributed by atoms with E-state index in [9.17, 15) is 0 Å². The minimum Gasteiger partial charge on any atom is -0.464 e. The Morgan fingerprint density at radius 3 is 2.57 bits per heavy atom. The molecule has 7 nitrogen and oxygen atoms in total. The Morgan fingerprint density at radius 2 is 1.95 bits per heavy atom. The van der Waals surface area contributed by atoms with E-state index in [4.69, 9.17) is 4.74 Å². The number of nitrogens with one attached hydrogen (secondary N) is 2. The molecule has 0 aliphatic heterocycles. The molecule has 0 spiro atoms. The van der Waals surface area contributed by atoms with Gasteiger partial charge in [-0.3, -0.25) is 0 Å². The monoisotopic (exact) mass is 308 g/mol. The zero-order chi connectivity index (χ0) is 15.2. The second-order valence-corrected chi connectivity index (χ2v) is 5.31. The fraction of sp³-hybridized carbons (Fsp3) is 0.538. The van der Waals surface area contributed by atoms with Gasteiger partial charge < -0.3 is 15.4 Å². The van der Waals surface area contributed by atoms with E-state index in [1.807, 2.05) is 33.1 Å². The van der Waals surface area contributed by atoms with Gasteiger partial charge >= 0.3 is 6.01 Å². The molecule has 0 amide bonds. The van der Waals surface area contributed by atoms with Gasteiger partial charge in [0.1, 0.15) is 5.01 Å². The average Bonchev–Trinajstić information content (AvgIpc) is 2.86. The predicted molar refractivity (Wildman–Crippen MR) is 84.0 cm³/mol. The molecule has 8 heteroatoms. The van der Waals surface area contributed by atoms with Crippen LogP contribution < -0.4 is 15.4 Å². The Labute approximate surface area is 128 Å². The summed E-state index contributed by atoms with van der Waals surface area (Å²) in [5, 5.41) is 9.32. The summed E-state index contributed by atoms with van der Waals surface area (Å²) in [4.78, 5) is 17.2. The standard InChI is InChI=1S/C13H20N6OS/c1-5-14-11-17-12(19-13(18-11)20-6-2)16-9(4)10-15-8(3)7-21-10/h7,9H,5-6H2,1-4H3,(H2,14,16,17,18,19). The normalized spacial score (nSPS) is 12.0. The van der Waals surface area contributed by atoms with Crippen LogP contribution in [0.2, 0.25) is 0 Å². The molecular formula is C13H20N6OS. The molecule has 2 heterocycles. The Hall–Kier alpha value is -1.96. The third-order valence-electron chi connectivity index (χ3n) is 2.58. The number of thiazole rings is 1. The van der Waals surface area contributed by atoms with Crippen molar-refractivity contribution >= 4 is 23.2 Å². The molecule has 0 bridgehead atoms. The maximum absolute atomic E-state index is 5.37. The largest absolute Gasteiger partial charge is 0.464 e. The van der Waals surface area contributed by atoms with Crippen LogP contribution >= 0.6 is 11.3 Å². The quantitative estimate of drug-likeness (QED) is 0.813. The highest BCUT2D eigenvalue weighted by atomic mass is 32.1. The molecule has 2 aromatic heterocycles. The summed E-state index contributed by atoms with van der Waals surface area (Å²) < 4.78 is 5.37. The van der Waals surface area contributed by atoms with Gasteiger partial charge in [-0.05, 0) is 27.7 Å². The molecule has 0 aliphatic carbocycles. The SMILES string of the molecule is CCNc1nc(NC(C)c2nc(C)cs2)nc(OCC)n1. The number of rotatable bonds is 7. The predicted octanol–water partition coefficient (Wildman–Crippen LogP) is 2.64. The molecule has 2 aromatic rings. The lowest BCUT2D eigenvalue weighted by Crippen LogP contribution is -2.13. The topological polar surface area (TPSA) is 84.9 Å². The maximum atomic E-state index is 5.37. The summed E-state index contributed by atoms with van der Waals surface area (Å²) in [6.45, 7) is 9.12. The van der Waals surface area contributed by atoms with E-state index < -0.39 is 0 Å². The molecule has 0 saturated carbocycles. The van der Waals surface area contributed by atoms with Gasteiger partial charge in [-0.1, -0.05) is 0 Å². The molecule has 1 unspecified atom stereocenters. The number of hydrogen-bond acceptors (Lipinski definition) is 8. The number of nitrogens with zero attached hydrogens (tertiary/aromatic N) is 4. The van der Waals surface area contributed by atoms with Crippen LogP contribution in [0.1, 0.15) is 37.5 Å². The second kappa shape index (κ2) is 7.16. The van der Waals surface area contributed by atoms with Crippen molar-refractivity contribution < 1.29 is 4.74 Å². The van der Waals surface area contributed by atoms with Gasteiger partial charge in [0, 0.05) is 17.6 Å². The van der Waals surface area contributed by atoms with Crippen LogP contribution in [0.15, 0.2) is 5.38 Å². The van der Waals surface area contributed by atoms with Crippen LogP contribution in [-0.2, 0) is 0 Å². The zero-order valence-electron chi connectivity index (χ0n) is 12.7. The first-order valence-corrected chi connectivity index (χ1v) is 7.81. The van der Waals surface area contributed by atoms with Gasteiger partial charge in [0.2, 0.25) is 11.9 Å². The van der Waals surface area contributed by atoms with Crippen molar-refractivity contribution in [1.82, 2.24) is 19.9 Å². The number of aromatic nitrogens is 4. The first-order valence-electron chi connectivity index (χ1n) is 6.93. The minimum absolute atomic E-state index is 0.0232. The first kappa shape index (κ1) is 15.4. The van der Waals surface area contributed by atoms with Crippen molar-refractivity contribution in [1.29, 1.82) is 0 Å². The smallest absolute Gasteiger partial charge is 0.323 e. The number of ether oxygens (including phenoxy) is 1. The highest BCUT2D eigenvalue weighted by Crippen LogP contribution is 2.21. The molecular weight excluding hydrogens is 288 g/mol. The van der Waals surface area contributed by atoms with E-state index in [0.29, 0.717) is 24.5 Å². The summed E-state index contributed by atoms with van der Waals surface area (Å²) in [5.41, 5.74) is 1.02. The first-order chi connectivity index (χ1) is 10.1. The van der Waals surface area contributed by atoms with E-state index in [1.54, 1.807) is 11.3 Å². The van der Waals surface area contributed by atoms with E-state index in [-0.39, 0.29) is 6.04 Å². The van der Waals surface area contributed by atoms with Gasteiger partial charge in [-0.15, -0.1) is 11.3 Å². The Balaban J connectivity index is 2.17. The van der Waals surface area contributed by atoms with Crippen molar-refractivity contribution in [2.45, 2.75) is 33.7 Å². The maximum Gasteiger partial charge on any atom is 0.323 e. The minimum atomic E-state index is 0.0232. The molecule has 2 N–H and O–H groups in total. The molecule has 0 fully saturated rings. The summed E-state index contributed by atoms with van der Waals surface area (Å²) in [6.07, 6.45) is 0. The number of anilines is 2. The lowest BCUT2D eigenvalue weighted by atomic mass is 10.3. The van der Waals surface area contributed by atoms with Gasteiger partial charge in [0.25, 0.3) is 0 Å². The highest BCUT2D eigenvalue weighted by molar-refractivity contribution is 7.09. The van der Waals surface area contributed by atoms with E-state index in [1.165, 1.54) is 0 Å². The molecule has 2 rings (SSSR count). The van der Waals surface area contributed by atoms with E-state index in [0.717, 1.165) is 17.2 Å². The third kappa shape index (κ3) is 4.25. The van der Waals surface area contributed by atoms with Gasteiger partial charge in [-0.2, -0.15) is 15.0 Å². The van der Waals surface area contributed by atoms with Crippen LogP contribution in [0.5, 0.6) is 6.01 Å². The fourth-order valence-corrected chi connectivity index (χ4v) is 2.48. The Morgan fingerprint density at radius 1 is 1.19 bits per heavy atom. The number of aryl methyl sites for hydroxylation is 1. The molecule has 0 saturated heterocycles. The molecule has 0 radical (unpaired) electrons. The van der Waals surface area contributed by atoms with Crippen LogP contribution in [-0.4, -0.2) is 33.1 Å². The van der Waals surface area contributed by atoms with Crippen molar-refractivity contribution in [3.8, 4) is 6.01 Å². The van der Waals surface area contributed by atoms with Crippen LogP contribution in [0.25, 0.3) is 0 Å². The number of hydrogen-bond donors (Lipinski definition) is 2. The summed E-state index contributed by atoms with van der Waals surface area (Å²) in [5.74, 6) is 0.978. The van der Waals surface area contributed by atoms with Crippen molar-refractivity contribution in [3.05, 3.63) is 16.1 Å². The van der Waals surface area contributed by atoms with Crippen LogP contribution in [0, 0.1) is 6.92 Å². The van der Waals surface area contributed by atoms with Crippen LogP contribution in [0.3, 0.4) is 0 Å². The Kier molecular flexibility index (Phi) is 5.26. The lowest BCUT2D eigenvalue weighted by Gasteiger charge is -2.13. The summed E-state index contributed by atoms with van der Waals surface area (Å²) in [7, 11) is 0. The van der Waals surface area contributed by atoms with E-state index in [2.05, 4.69) is 30.6 Å². The van der Waals surface area contributed by atoms with E-state index >= 15 is 0 Å². The molecule has 0 aromatic carbocycles. The highest BCUT2D eigenvalue weighted by Gasteiger charge is 2.13. The molecule has 0 aliphatic rings. The van der Waals surface area contributed by atoms with Crippen molar-refractivity contribution in [2.24, 2.45) is 0 Å². The molecule has 1 atom stereocenters. The molecule has 21 heavy (non-hydrogen) atoms. The molecule has 114 valence electrons. The third-order valence-corrected chi connectivity index (χ3v) is 3.72. The summed E-state index contributed by atoms with van der Waals surface area (Å²) in [6, 6.07) is 0.337. The summed E-state index contributed by atoms with van der Waals surface area (Å²) >= 11 is 1.61. The van der Waals surface area contributed by atoms with Crippen molar-refractivity contribution in [3.63, 3.8) is 0 Å². The van der Waals surface area contributed by atoms with Gasteiger partial charge in [0.05, 0.1) is 12.6 Å². The zero-order valence-corrected chi connectivity index (χ0v) is 13.5. The van der Waals surface area contributed by atoms with Gasteiger partial charge in [-0.25, -0.2) is 4.98 Å². The lowest BCUT2D eigenvalue weighted by molar-refractivity contribution is 0.312. The fourth-order valence-electron chi connectivity index (χ4n) is 1.68. The van der Waals surface area contributed by atoms with Crippen molar-refractivity contribution in [2.75, 3.05) is 23.8 Å². The average molecular weight is 308 g/mol.